The van der Waals surface area contributed by atoms with Gasteiger partial charge in [0.05, 0.1) is 0 Å². The Labute approximate surface area is 120 Å². The van der Waals surface area contributed by atoms with E-state index in [0.29, 0.717) is 12.5 Å². The number of ether oxygens (including phenoxy) is 1. The van der Waals surface area contributed by atoms with Gasteiger partial charge in [-0.05, 0) is 37.7 Å². The van der Waals surface area contributed by atoms with Crippen LogP contribution in [0.25, 0.3) is 0 Å². The summed E-state index contributed by atoms with van der Waals surface area (Å²) >= 11 is 0. The molecule has 1 fully saturated rings. The SMILES string of the molecule is Cc1ccc(CCNC(=O)NCC2CCOCC2)cc1. The number of carbonyl (C=O) groups excluding carboxylic acids is 1. The molecule has 2 amide bonds. The first-order valence-corrected chi connectivity index (χ1v) is 7.39. The van der Waals surface area contributed by atoms with Crippen molar-refractivity contribution in [2.24, 2.45) is 5.92 Å². The molecule has 1 aromatic carbocycles. The Morgan fingerprint density at radius 2 is 1.90 bits per heavy atom. The maximum Gasteiger partial charge on any atom is 0.314 e. The van der Waals surface area contributed by atoms with E-state index in [-0.39, 0.29) is 6.03 Å². The molecule has 1 aliphatic rings. The van der Waals surface area contributed by atoms with E-state index in [2.05, 4.69) is 41.8 Å². The third-order valence-electron chi connectivity index (χ3n) is 3.71. The van der Waals surface area contributed by atoms with E-state index < -0.39 is 0 Å². The van der Waals surface area contributed by atoms with Crippen LogP contribution in [0.3, 0.4) is 0 Å². The number of hydrogen-bond acceptors (Lipinski definition) is 2. The van der Waals surface area contributed by atoms with E-state index in [1.54, 1.807) is 0 Å². The highest BCUT2D eigenvalue weighted by Crippen LogP contribution is 2.12. The molecule has 4 heteroatoms. The van der Waals surface area contributed by atoms with Crippen LogP contribution in [-0.4, -0.2) is 32.3 Å². The van der Waals surface area contributed by atoms with Gasteiger partial charge in [-0.15, -0.1) is 0 Å². The Hall–Kier alpha value is -1.55. The third-order valence-corrected chi connectivity index (χ3v) is 3.71. The fourth-order valence-electron chi connectivity index (χ4n) is 2.33. The van der Waals surface area contributed by atoms with E-state index in [1.807, 2.05) is 0 Å². The zero-order chi connectivity index (χ0) is 14.2. The normalized spacial score (nSPS) is 15.8. The van der Waals surface area contributed by atoms with E-state index >= 15 is 0 Å². The van der Waals surface area contributed by atoms with Crippen LogP contribution < -0.4 is 10.6 Å². The van der Waals surface area contributed by atoms with Gasteiger partial charge in [-0.25, -0.2) is 4.79 Å². The van der Waals surface area contributed by atoms with Crippen molar-refractivity contribution in [1.29, 1.82) is 0 Å². The van der Waals surface area contributed by atoms with Gasteiger partial charge in [-0.1, -0.05) is 29.8 Å². The van der Waals surface area contributed by atoms with Gasteiger partial charge in [0.25, 0.3) is 0 Å². The lowest BCUT2D eigenvalue weighted by Crippen LogP contribution is -2.40. The fraction of sp³-hybridized carbons (Fsp3) is 0.562. The van der Waals surface area contributed by atoms with E-state index in [9.17, 15) is 4.79 Å². The number of amides is 2. The number of urea groups is 1. The minimum Gasteiger partial charge on any atom is -0.381 e. The quantitative estimate of drug-likeness (QED) is 0.866. The van der Waals surface area contributed by atoms with Crippen molar-refractivity contribution in [1.82, 2.24) is 10.6 Å². The molecule has 1 saturated heterocycles. The number of rotatable bonds is 5. The lowest BCUT2D eigenvalue weighted by molar-refractivity contribution is 0.0669. The lowest BCUT2D eigenvalue weighted by Gasteiger charge is -2.22. The van der Waals surface area contributed by atoms with Crippen LogP contribution in [0.2, 0.25) is 0 Å². The van der Waals surface area contributed by atoms with Crippen LogP contribution >= 0.6 is 0 Å². The minimum absolute atomic E-state index is 0.0661. The lowest BCUT2D eigenvalue weighted by atomic mass is 10.0. The molecule has 0 bridgehead atoms. The maximum atomic E-state index is 11.7. The monoisotopic (exact) mass is 276 g/mol. The first-order valence-electron chi connectivity index (χ1n) is 7.39. The third kappa shape index (κ3) is 5.21. The molecule has 0 aromatic heterocycles. The standard InChI is InChI=1S/C16H24N2O2/c1-13-2-4-14(5-3-13)6-9-17-16(19)18-12-15-7-10-20-11-8-15/h2-5,15H,6-12H2,1H3,(H2,17,18,19). The van der Waals surface area contributed by atoms with Crippen molar-refractivity contribution in [2.45, 2.75) is 26.2 Å². The number of nitrogens with one attached hydrogen (secondary N) is 2. The van der Waals surface area contributed by atoms with Crippen LogP contribution in [0.1, 0.15) is 24.0 Å². The van der Waals surface area contributed by atoms with Crippen LogP contribution in [-0.2, 0) is 11.2 Å². The Bertz CT molecular complexity index is 411. The summed E-state index contributed by atoms with van der Waals surface area (Å²) in [4.78, 5) is 11.7. The van der Waals surface area contributed by atoms with Crippen molar-refractivity contribution in [2.75, 3.05) is 26.3 Å². The van der Waals surface area contributed by atoms with E-state index in [4.69, 9.17) is 4.74 Å². The van der Waals surface area contributed by atoms with Gasteiger partial charge in [-0.3, -0.25) is 0 Å². The summed E-state index contributed by atoms with van der Waals surface area (Å²) in [5, 5.41) is 5.85. The fourth-order valence-corrected chi connectivity index (χ4v) is 2.33. The Morgan fingerprint density at radius 1 is 1.20 bits per heavy atom. The summed E-state index contributed by atoms with van der Waals surface area (Å²) in [6, 6.07) is 8.35. The molecule has 0 spiro atoms. The molecule has 1 heterocycles. The highest BCUT2D eigenvalue weighted by atomic mass is 16.5. The first kappa shape index (κ1) is 14.9. The van der Waals surface area contributed by atoms with Gasteiger partial charge in [-0.2, -0.15) is 0 Å². The molecule has 1 aliphatic heterocycles. The van der Waals surface area contributed by atoms with Gasteiger partial charge < -0.3 is 15.4 Å². The highest BCUT2D eigenvalue weighted by molar-refractivity contribution is 5.73. The maximum absolute atomic E-state index is 11.7. The molecule has 0 aliphatic carbocycles. The molecule has 0 atom stereocenters. The smallest absolute Gasteiger partial charge is 0.314 e. The van der Waals surface area contributed by atoms with Crippen LogP contribution in [0.15, 0.2) is 24.3 Å². The zero-order valence-electron chi connectivity index (χ0n) is 12.2. The largest absolute Gasteiger partial charge is 0.381 e. The molecule has 4 nitrogen and oxygen atoms in total. The van der Waals surface area contributed by atoms with Gasteiger partial charge >= 0.3 is 6.03 Å². The second-order valence-corrected chi connectivity index (χ2v) is 5.43. The summed E-state index contributed by atoms with van der Waals surface area (Å²) in [5.74, 6) is 0.562. The molecule has 1 aromatic rings. The molecule has 20 heavy (non-hydrogen) atoms. The first-order chi connectivity index (χ1) is 9.74. The Balaban J connectivity index is 1.58. The summed E-state index contributed by atoms with van der Waals surface area (Å²) < 4.78 is 5.30. The molecule has 0 unspecified atom stereocenters. The summed E-state index contributed by atoms with van der Waals surface area (Å²) in [6.07, 6.45) is 2.96. The van der Waals surface area contributed by atoms with Gasteiger partial charge in [0.1, 0.15) is 0 Å². The predicted octanol–water partition coefficient (Wildman–Crippen LogP) is 2.26. The van der Waals surface area contributed by atoms with Gasteiger partial charge in [0.15, 0.2) is 0 Å². The van der Waals surface area contributed by atoms with Crippen molar-refractivity contribution in [3.8, 4) is 0 Å². The number of benzene rings is 1. The molecule has 0 saturated carbocycles. The van der Waals surface area contributed by atoms with E-state index in [1.165, 1.54) is 11.1 Å². The highest BCUT2D eigenvalue weighted by Gasteiger charge is 2.14. The number of hydrogen-bond donors (Lipinski definition) is 2. The van der Waals surface area contributed by atoms with Crippen molar-refractivity contribution < 1.29 is 9.53 Å². The summed E-state index contributed by atoms with van der Waals surface area (Å²) in [6.45, 7) is 5.14. The summed E-state index contributed by atoms with van der Waals surface area (Å²) in [7, 11) is 0. The molecule has 2 rings (SSSR count). The Kier molecular flexibility index (Phi) is 5.87. The van der Waals surface area contributed by atoms with Crippen LogP contribution in [0.5, 0.6) is 0 Å². The van der Waals surface area contributed by atoms with Crippen molar-refractivity contribution in [3.05, 3.63) is 35.4 Å². The number of carbonyl (C=O) groups is 1. The predicted molar refractivity (Wildman–Crippen MR) is 79.8 cm³/mol. The van der Waals surface area contributed by atoms with Crippen LogP contribution in [0.4, 0.5) is 4.79 Å². The van der Waals surface area contributed by atoms with Crippen LogP contribution in [0, 0.1) is 12.8 Å². The second kappa shape index (κ2) is 7.90. The average Bonchev–Trinajstić information content (AvgIpc) is 2.48. The molecule has 0 radical (unpaired) electrons. The van der Waals surface area contributed by atoms with Gasteiger partial charge in [0.2, 0.25) is 0 Å². The molecular weight excluding hydrogens is 252 g/mol. The number of aryl methyl sites for hydroxylation is 1. The molecular formula is C16H24N2O2. The minimum atomic E-state index is -0.0661. The van der Waals surface area contributed by atoms with Crippen molar-refractivity contribution in [3.63, 3.8) is 0 Å². The van der Waals surface area contributed by atoms with Gasteiger partial charge in [0, 0.05) is 26.3 Å². The van der Waals surface area contributed by atoms with Crippen molar-refractivity contribution >= 4 is 6.03 Å². The zero-order valence-corrected chi connectivity index (χ0v) is 12.2. The summed E-state index contributed by atoms with van der Waals surface area (Å²) in [5.41, 5.74) is 2.51. The molecule has 2 N–H and O–H groups in total. The molecule has 110 valence electrons. The topological polar surface area (TPSA) is 50.4 Å². The average molecular weight is 276 g/mol. The Morgan fingerprint density at radius 3 is 2.60 bits per heavy atom. The van der Waals surface area contributed by atoms with E-state index in [0.717, 1.165) is 39.0 Å². The second-order valence-electron chi connectivity index (χ2n) is 5.43.